The fourth-order valence-corrected chi connectivity index (χ4v) is 7.23. The van der Waals surface area contributed by atoms with Gasteiger partial charge in [-0.25, -0.2) is 4.79 Å². The van der Waals surface area contributed by atoms with Gasteiger partial charge in [-0.15, -0.1) is 0 Å². The Bertz CT molecular complexity index is 1040. The summed E-state index contributed by atoms with van der Waals surface area (Å²) in [5.74, 6) is -0.745. The highest BCUT2D eigenvalue weighted by Crippen LogP contribution is 2.60. The van der Waals surface area contributed by atoms with E-state index in [2.05, 4.69) is 12.2 Å². The average Bonchev–Trinajstić information content (AvgIpc) is 3.07. The molecule has 0 heterocycles. The summed E-state index contributed by atoms with van der Waals surface area (Å²) in [4.78, 5) is 25.7. The number of rotatable bonds is 11. The molecule has 1 amide bonds. The number of carbonyl (C=O) groups is 2. The maximum absolute atomic E-state index is 13.2. The molecule has 0 spiro atoms. The fourth-order valence-electron chi connectivity index (χ4n) is 7.23. The van der Waals surface area contributed by atoms with E-state index < -0.39 is 29.4 Å². The number of carbonyl (C=O) groups excluding carboxylic acids is 2. The molecule has 2 fully saturated rings. The standard InChI is InChI=1S/C32H51NO7/c1-10-22-20(3)32(37)28(39-9)27(22)25(38-8)17-31(32,36)16-15-19(2)21(4)40-29(35)23-13-11-12-14-24(23)33-26(34)18-30(5,6)7/h11-14,19-22,25,27-28,36-37H,10,15-18H2,1-9H3,(H,33,34)/t19?,20?,21-,22-,25+,27+,28-,31+,32-/m0/s1. The number of aliphatic hydroxyl groups is 2. The van der Waals surface area contributed by atoms with Gasteiger partial charge in [0.2, 0.25) is 5.91 Å². The third kappa shape index (κ3) is 6.25. The van der Waals surface area contributed by atoms with E-state index in [0.29, 0.717) is 36.9 Å². The van der Waals surface area contributed by atoms with Gasteiger partial charge < -0.3 is 29.7 Å². The summed E-state index contributed by atoms with van der Waals surface area (Å²) in [5.41, 5.74) is -2.26. The third-order valence-corrected chi connectivity index (χ3v) is 9.58. The van der Waals surface area contributed by atoms with Gasteiger partial charge in [0.1, 0.15) is 11.7 Å². The van der Waals surface area contributed by atoms with Crippen LogP contribution in [0.1, 0.15) is 90.9 Å². The molecule has 2 aliphatic carbocycles. The first-order valence-electron chi connectivity index (χ1n) is 14.7. The van der Waals surface area contributed by atoms with Crippen LogP contribution in [0, 0.1) is 29.1 Å². The lowest BCUT2D eigenvalue weighted by molar-refractivity contribution is -0.259. The maximum Gasteiger partial charge on any atom is 0.340 e. The van der Waals surface area contributed by atoms with Gasteiger partial charge in [-0.2, -0.15) is 0 Å². The minimum Gasteiger partial charge on any atom is -0.459 e. The summed E-state index contributed by atoms with van der Waals surface area (Å²) in [7, 11) is 3.25. The van der Waals surface area contributed by atoms with E-state index in [-0.39, 0.29) is 41.1 Å². The van der Waals surface area contributed by atoms with E-state index in [1.807, 2.05) is 41.5 Å². The number of methoxy groups -OCH3 is 2. The second-order valence-corrected chi connectivity index (χ2v) is 13.4. The Morgan fingerprint density at radius 2 is 1.77 bits per heavy atom. The van der Waals surface area contributed by atoms with Crippen LogP contribution >= 0.6 is 0 Å². The van der Waals surface area contributed by atoms with Gasteiger partial charge in [-0.3, -0.25) is 4.79 Å². The van der Waals surface area contributed by atoms with Gasteiger partial charge in [0.05, 0.1) is 29.1 Å². The number of esters is 1. The van der Waals surface area contributed by atoms with Crippen molar-refractivity contribution in [1.29, 1.82) is 0 Å². The minimum atomic E-state index is -1.41. The van der Waals surface area contributed by atoms with Crippen molar-refractivity contribution < 1.29 is 34.0 Å². The molecular formula is C32H51NO7. The second kappa shape index (κ2) is 12.5. The molecule has 0 aromatic heterocycles. The number of ether oxygens (including phenoxy) is 3. The van der Waals surface area contributed by atoms with Gasteiger partial charge in [0, 0.05) is 33.0 Å². The van der Waals surface area contributed by atoms with Crippen LogP contribution in [0.15, 0.2) is 24.3 Å². The van der Waals surface area contributed by atoms with Crippen molar-refractivity contribution >= 4 is 17.6 Å². The lowest BCUT2D eigenvalue weighted by atomic mass is 9.65. The zero-order chi connectivity index (χ0) is 30.0. The Morgan fingerprint density at radius 3 is 2.35 bits per heavy atom. The molecule has 40 heavy (non-hydrogen) atoms. The number of hydrogen-bond acceptors (Lipinski definition) is 7. The first-order chi connectivity index (χ1) is 18.6. The summed E-state index contributed by atoms with van der Waals surface area (Å²) >= 11 is 0. The molecule has 3 rings (SSSR count). The summed E-state index contributed by atoms with van der Waals surface area (Å²) in [5, 5.41) is 26.9. The lowest BCUT2D eigenvalue weighted by Gasteiger charge is -2.52. The topological polar surface area (TPSA) is 114 Å². The van der Waals surface area contributed by atoms with Crippen LogP contribution in [-0.2, 0) is 19.0 Å². The number of hydrogen-bond donors (Lipinski definition) is 3. The highest BCUT2D eigenvalue weighted by Gasteiger charge is 2.71. The van der Waals surface area contributed by atoms with Crippen LogP contribution in [0.25, 0.3) is 0 Å². The van der Waals surface area contributed by atoms with Crippen molar-refractivity contribution in [3.63, 3.8) is 0 Å². The summed E-state index contributed by atoms with van der Waals surface area (Å²) in [6.45, 7) is 13.9. The molecule has 0 aliphatic heterocycles. The first-order valence-corrected chi connectivity index (χ1v) is 14.7. The molecule has 2 saturated carbocycles. The first kappa shape index (κ1) is 32.5. The number of amides is 1. The second-order valence-electron chi connectivity index (χ2n) is 13.4. The predicted octanol–water partition coefficient (Wildman–Crippen LogP) is 5.21. The van der Waals surface area contributed by atoms with Crippen molar-refractivity contribution in [2.45, 2.75) is 110 Å². The molecule has 2 bridgehead atoms. The molecular weight excluding hydrogens is 510 g/mol. The largest absolute Gasteiger partial charge is 0.459 e. The highest BCUT2D eigenvalue weighted by atomic mass is 16.5. The van der Waals surface area contributed by atoms with Crippen molar-refractivity contribution in [2.75, 3.05) is 19.5 Å². The van der Waals surface area contributed by atoms with Crippen LogP contribution in [0.5, 0.6) is 0 Å². The number of anilines is 1. The quantitative estimate of drug-likeness (QED) is 0.318. The van der Waals surface area contributed by atoms with Crippen LogP contribution in [-0.4, -0.2) is 65.8 Å². The van der Waals surface area contributed by atoms with Gasteiger partial charge in [-0.05, 0) is 55.1 Å². The molecule has 0 saturated heterocycles. The monoisotopic (exact) mass is 561 g/mol. The molecule has 1 aromatic rings. The SMILES string of the molecule is CC[C@H]1C(C)[C@]2(O)[C@@H](OC)[C@H]1[C@H](OC)C[C@]2(O)CCC(C)[C@H](C)OC(=O)c1ccccc1NC(=O)CC(C)(C)C. The van der Waals surface area contributed by atoms with Crippen molar-refractivity contribution in [2.24, 2.45) is 29.1 Å². The van der Waals surface area contributed by atoms with E-state index in [4.69, 9.17) is 14.2 Å². The van der Waals surface area contributed by atoms with Crippen LogP contribution < -0.4 is 5.32 Å². The third-order valence-electron chi connectivity index (χ3n) is 9.58. The van der Waals surface area contributed by atoms with Gasteiger partial charge in [0.15, 0.2) is 0 Å². The molecule has 1 aromatic carbocycles. The molecule has 3 N–H and O–H groups in total. The predicted molar refractivity (Wildman–Crippen MR) is 155 cm³/mol. The van der Waals surface area contributed by atoms with E-state index in [0.717, 1.165) is 6.42 Å². The molecule has 226 valence electrons. The summed E-state index contributed by atoms with van der Waals surface area (Å²) in [6.07, 6.45) is 1.16. The molecule has 8 nitrogen and oxygen atoms in total. The summed E-state index contributed by atoms with van der Waals surface area (Å²) in [6, 6.07) is 6.85. The Morgan fingerprint density at radius 1 is 1.12 bits per heavy atom. The van der Waals surface area contributed by atoms with Crippen LogP contribution in [0.3, 0.4) is 0 Å². The molecule has 2 aliphatic rings. The van der Waals surface area contributed by atoms with Gasteiger partial charge >= 0.3 is 5.97 Å². The van der Waals surface area contributed by atoms with Gasteiger partial charge in [-0.1, -0.05) is 60.1 Å². The number of para-hydroxylation sites is 1. The van der Waals surface area contributed by atoms with Gasteiger partial charge in [0.25, 0.3) is 0 Å². The average molecular weight is 562 g/mol. The Labute approximate surface area is 240 Å². The van der Waals surface area contributed by atoms with E-state index in [9.17, 15) is 19.8 Å². The van der Waals surface area contributed by atoms with E-state index >= 15 is 0 Å². The zero-order valence-electron chi connectivity index (χ0n) is 25.8. The van der Waals surface area contributed by atoms with Crippen molar-refractivity contribution in [3.8, 4) is 0 Å². The smallest absolute Gasteiger partial charge is 0.340 e. The molecule has 9 atom stereocenters. The maximum atomic E-state index is 13.2. The van der Waals surface area contributed by atoms with Crippen LogP contribution in [0.4, 0.5) is 5.69 Å². The number of fused-ring (bicyclic) bond motifs is 2. The fraction of sp³-hybridized carbons (Fsp3) is 0.750. The van der Waals surface area contributed by atoms with E-state index in [1.54, 1.807) is 38.5 Å². The number of benzene rings is 1. The Balaban J connectivity index is 1.70. The lowest BCUT2D eigenvalue weighted by Crippen LogP contribution is -2.68. The Hall–Kier alpha value is -2.00. The Kier molecular flexibility index (Phi) is 10.1. The van der Waals surface area contributed by atoms with Crippen molar-refractivity contribution in [1.82, 2.24) is 0 Å². The van der Waals surface area contributed by atoms with Crippen molar-refractivity contribution in [3.05, 3.63) is 29.8 Å². The molecule has 0 radical (unpaired) electrons. The normalized spacial score (nSPS) is 33.3. The highest BCUT2D eigenvalue weighted by molar-refractivity contribution is 6.01. The summed E-state index contributed by atoms with van der Waals surface area (Å²) < 4.78 is 17.5. The van der Waals surface area contributed by atoms with E-state index in [1.165, 1.54) is 0 Å². The zero-order valence-corrected chi connectivity index (χ0v) is 25.8. The minimum absolute atomic E-state index is 0.0153. The molecule has 2 unspecified atom stereocenters. The molecule has 8 heteroatoms. The van der Waals surface area contributed by atoms with Crippen LogP contribution in [0.2, 0.25) is 0 Å². The number of nitrogens with one attached hydrogen (secondary N) is 1.